The summed E-state index contributed by atoms with van der Waals surface area (Å²) in [5, 5.41) is 14.1. The van der Waals surface area contributed by atoms with Crippen LogP contribution in [0.3, 0.4) is 0 Å². The van der Waals surface area contributed by atoms with Crippen molar-refractivity contribution in [3.8, 4) is 17.2 Å². The van der Waals surface area contributed by atoms with E-state index in [1.165, 1.54) is 47.3 Å². The van der Waals surface area contributed by atoms with Crippen molar-refractivity contribution in [3.05, 3.63) is 47.1 Å². The van der Waals surface area contributed by atoms with E-state index in [-0.39, 0.29) is 40.8 Å². The molecule has 13 heteroatoms. The molecule has 46 heavy (non-hydrogen) atoms. The number of ether oxygens (including phenoxy) is 6. The molecule has 2 amide bonds. The number of allylic oxidation sites excluding steroid dienone is 2. The van der Waals surface area contributed by atoms with Gasteiger partial charge in [0.1, 0.15) is 6.10 Å². The molecule has 0 fully saturated rings. The van der Waals surface area contributed by atoms with Crippen LogP contribution in [0.2, 0.25) is 0 Å². The molecular weight excluding hydrogens is 600 g/mol. The van der Waals surface area contributed by atoms with Crippen LogP contribution in [-0.2, 0) is 35.0 Å². The van der Waals surface area contributed by atoms with E-state index in [4.69, 9.17) is 34.2 Å². The number of amides is 2. The molecule has 0 saturated carbocycles. The molecule has 1 aliphatic rings. The number of hydrogen-bond acceptors (Lipinski definition) is 11. The zero-order chi connectivity index (χ0) is 34.7. The second kappa shape index (κ2) is 17.5. The molecule has 0 radical (unpaired) electrons. The van der Waals surface area contributed by atoms with Crippen LogP contribution in [0.1, 0.15) is 53.5 Å². The van der Waals surface area contributed by atoms with Gasteiger partial charge < -0.3 is 44.6 Å². The first-order valence-corrected chi connectivity index (χ1v) is 14.8. The van der Waals surface area contributed by atoms with Crippen LogP contribution in [0.25, 0.3) is 0 Å². The molecule has 0 saturated heterocycles. The predicted octanol–water partition coefficient (Wildman–Crippen LogP) is 4.01. The Morgan fingerprint density at radius 2 is 1.65 bits per heavy atom. The van der Waals surface area contributed by atoms with Gasteiger partial charge in [0.15, 0.2) is 23.4 Å². The van der Waals surface area contributed by atoms with Crippen molar-refractivity contribution < 1.29 is 52.7 Å². The van der Waals surface area contributed by atoms with Crippen LogP contribution in [0.4, 0.5) is 10.5 Å². The number of carbonyl (C=O) groups is 4. The Labute approximate surface area is 269 Å². The van der Waals surface area contributed by atoms with Crippen molar-refractivity contribution in [2.75, 3.05) is 26.6 Å². The molecule has 6 atom stereocenters. The Bertz CT molecular complexity index is 1370. The van der Waals surface area contributed by atoms with E-state index in [0.717, 1.165) is 0 Å². The van der Waals surface area contributed by atoms with Crippen LogP contribution >= 0.6 is 0 Å². The largest absolute Gasteiger partial charge is 0.492 e. The molecule has 0 aliphatic carbocycles. The summed E-state index contributed by atoms with van der Waals surface area (Å²) in [7, 11) is 4.30. The molecule has 13 nitrogen and oxygen atoms in total. The molecule has 0 spiro atoms. The van der Waals surface area contributed by atoms with E-state index >= 15 is 0 Å². The van der Waals surface area contributed by atoms with E-state index < -0.39 is 54.3 Å². The maximum Gasteiger partial charge on any atom is 0.405 e. The standard InChI is InChI=1S/C33H46N2O11/c1-17-13-23-30(45-22(6)37)24(16-27(31(23)43-9)44-21(5)36)35-32(39)18(2)11-10-12-25(41-7)29(46-33(34)40)20(4)15-19(3)28(38)26(14-17)42-8/h10-12,15-17,19,25-26,28-29,38H,13-14H2,1-9H3,(H2,34,40)(H,35,39)/b12-10-,18-11-,20-15-. The van der Waals surface area contributed by atoms with Gasteiger partial charge in [0, 0.05) is 51.2 Å². The Kier molecular flexibility index (Phi) is 14.4. The highest BCUT2D eigenvalue weighted by molar-refractivity contribution is 6.05. The summed E-state index contributed by atoms with van der Waals surface area (Å²) in [5.74, 6) is -2.36. The molecule has 1 aromatic carbocycles. The molecular formula is C33H46N2O11. The fraction of sp³-hybridized carbons (Fsp3) is 0.515. The van der Waals surface area contributed by atoms with Gasteiger partial charge in [-0.2, -0.15) is 0 Å². The van der Waals surface area contributed by atoms with Crippen molar-refractivity contribution in [1.82, 2.24) is 0 Å². The summed E-state index contributed by atoms with van der Waals surface area (Å²) >= 11 is 0. The SMILES string of the molecule is COc1c(OC(C)=O)cc2c(OC(C)=O)c1CC(C)CC(OC)C(O)C(C)/C=C(/C)C(OC(N)=O)C(OC)/C=C\C=C(\C)C(=O)N2. The number of primary amides is 1. The number of fused-ring (bicyclic) bond motifs is 2. The third-order valence-corrected chi connectivity index (χ3v) is 7.45. The lowest BCUT2D eigenvalue weighted by Crippen LogP contribution is -2.37. The van der Waals surface area contributed by atoms with Gasteiger partial charge in [-0.25, -0.2) is 4.79 Å². The number of anilines is 1. The van der Waals surface area contributed by atoms with Crippen molar-refractivity contribution in [1.29, 1.82) is 0 Å². The number of carbonyl (C=O) groups excluding carboxylic acids is 4. The predicted molar refractivity (Wildman–Crippen MR) is 170 cm³/mol. The number of benzene rings is 1. The monoisotopic (exact) mass is 646 g/mol. The van der Waals surface area contributed by atoms with Gasteiger partial charge in [0.2, 0.25) is 0 Å². The highest BCUT2D eigenvalue weighted by Gasteiger charge is 2.31. The summed E-state index contributed by atoms with van der Waals surface area (Å²) in [4.78, 5) is 49.4. The zero-order valence-electron chi connectivity index (χ0n) is 27.9. The van der Waals surface area contributed by atoms with Gasteiger partial charge in [0.25, 0.3) is 5.91 Å². The first-order chi connectivity index (χ1) is 21.6. The topological polar surface area (TPSA) is 182 Å². The van der Waals surface area contributed by atoms with Gasteiger partial charge >= 0.3 is 18.0 Å². The number of esters is 2. The minimum atomic E-state index is -1.01. The van der Waals surface area contributed by atoms with Gasteiger partial charge in [-0.15, -0.1) is 0 Å². The highest BCUT2D eigenvalue weighted by atomic mass is 16.6. The van der Waals surface area contributed by atoms with Crippen LogP contribution in [0.15, 0.2) is 41.5 Å². The first-order valence-electron chi connectivity index (χ1n) is 14.8. The quantitative estimate of drug-likeness (QED) is 0.231. The van der Waals surface area contributed by atoms with E-state index in [2.05, 4.69) is 5.32 Å². The Morgan fingerprint density at radius 1 is 1.00 bits per heavy atom. The number of aliphatic hydroxyl groups is 1. The number of methoxy groups -OCH3 is 3. The number of aliphatic hydroxyl groups excluding tert-OH is 1. The fourth-order valence-corrected chi connectivity index (χ4v) is 5.27. The van der Waals surface area contributed by atoms with E-state index in [0.29, 0.717) is 17.6 Å². The molecule has 4 N–H and O–H groups in total. The Morgan fingerprint density at radius 3 is 2.20 bits per heavy atom. The van der Waals surface area contributed by atoms with Crippen LogP contribution < -0.4 is 25.3 Å². The lowest BCUT2D eigenvalue weighted by atomic mass is 9.87. The normalized spacial score (nSPS) is 27.6. The van der Waals surface area contributed by atoms with Crippen LogP contribution in [0.5, 0.6) is 17.2 Å². The molecule has 1 heterocycles. The average Bonchev–Trinajstić information content (AvgIpc) is 2.97. The van der Waals surface area contributed by atoms with Crippen LogP contribution in [0, 0.1) is 11.8 Å². The van der Waals surface area contributed by atoms with Crippen molar-refractivity contribution >= 4 is 29.6 Å². The Balaban J connectivity index is 2.84. The van der Waals surface area contributed by atoms with Gasteiger partial charge in [-0.05, 0) is 38.2 Å². The summed E-state index contributed by atoms with van der Waals surface area (Å²) < 4.78 is 33.4. The maximum atomic E-state index is 13.4. The third-order valence-electron chi connectivity index (χ3n) is 7.45. The summed E-state index contributed by atoms with van der Waals surface area (Å²) in [6, 6.07) is 1.35. The maximum absolute atomic E-state index is 13.4. The minimum absolute atomic E-state index is 0.0109. The number of rotatable bonds is 6. The van der Waals surface area contributed by atoms with Gasteiger partial charge in [-0.1, -0.05) is 38.2 Å². The molecule has 6 unspecified atom stereocenters. The summed E-state index contributed by atoms with van der Waals surface area (Å²) in [6.07, 6.45) is 2.57. The minimum Gasteiger partial charge on any atom is -0.492 e. The van der Waals surface area contributed by atoms with Gasteiger partial charge in [-0.3, -0.25) is 14.4 Å². The fourth-order valence-electron chi connectivity index (χ4n) is 5.27. The first kappa shape index (κ1) is 38.0. The highest BCUT2D eigenvalue weighted by Crippen LogP contribution is 2.45. The second-order valence-electron chi connectivity index (χ2n) is 11.3. The molecule has 254 valence electrons. The third kappa shape index (κ3) is 10.4. The number of nitrogens with two attached hydrogens (primary N) is 1. The summed E-state index contributed by atoms with van der Waals surface area (Å²) in [6.45, 7) is 9.43. The second-order valence-corrected chi connectivity index (χ2v) is 11.3. The van der Waals surface area contributed by atoms with Crippen LogP contribution in [-0.4, -0.2) is 74.8 Å². The smallest absolute Gasteiger partial charge is 0.405 e. The number of hydrogen-bond donors (Lipinski definition) is 3. The van der Waals surface area contributed by atoms with E-state index in [1.807, 2.05) is 6.92 Å². The lowest BCUT2D eigenvalue weighted by molar-refractivity contribution is -0.133. The van der Waals surface area contributed by atoms with Crippen molar-refractivity contribution in [3.63, 3.8) is 0 Å². The Hall–Kier alpha value is -4.20. The molecule has 0 aromatic heterocycles. The number of nitrogens with one attached hydrogen (secondary N) is 1. The summed E-state index contributed by atoms with van der Waals surface area (Å²) in [5.41, 5.74) is 6.62. The molecule has 1 aliphatic heterocycles. The van der Waals surface area contributed by atoms with Crippen molar-refractivity contribution in [2.45, 2.75) is 78.8 Å². The lowest BCUT2D eigenvalue weighted by Gasteiger charge is -2.30. The molecule has 2 rings (SSSR count). The van der Waals surface area contributed by atoms with E-state index in [1.54, 1.807) is 39.0 Å². The average molecular weight is 647 g/mol. The van der Waals surface area contributed by atoms with E-state index in [9.17, 15) is 24.3 Å². The van der Waals surface area contributed by atoms with Crippen molar-refractivity contribution in [2.24, 2.45) is 17.6 Å². The molecule has 2 bridgehead atoms. The van der Waals surface area contributed by atoms with Gasteiger partial charge in [0.05, 0.1) is 25.0 Å². The molecule has 1 aromatic rings. The zero-order valence-corrected chi connectivity index (χ0v) is 27.9.